The van der Waals surface area contributed by atoms with Gasteiger partial charge in [-0.1, -0.05) is 17.7 Å². The van der Waals surface area contributed by atoms with Gasteiger partial charge in [0.15, 0.2) is 0 Å². The average molecular weight is 445 g/mol. The third kappa shape index (κ3) is 5.16. The molecule has 0 saturated carbocycles. The fourth-order valence-electron chi connectivity index (χ4n) is 2.96. The summed E-state index contributed by atoms with van der Waals surface area (Å²) in [4.78, 5) is 27.4. The highest BCUT2D eigenvalue weighted by molar-refractivity contribution is 7.98. The zero-order chi connectivity index (χ0) is 21.2. The third-order valence-corrected chi connectivity index (χ3v) is 5.35. The van der Waals surface area contributed by atoms with Crippen LogP contribution >= 0.6 is 23.4 Å². The fraction of sp³-hybridized carbons (Fsp3) is 0.263. The van der Waals surface area contributed by atoms with Crippen molar-refractivity contribution in [2.24, 2.45) is 0 Å². The number of benzene rings is 2. The Balaban J connectivity index is 1.72. The van der Waals surface area contributed by atoms with Gasteiger partial charge in [0.1, 0.15) is 11.8 Å². The smallest absolute Gasteiger partial charge is 0.406 e. The van der Waals surface area contributed by atoms with Crippen LogP contribution in [0, 0.1) is 0 Å². The van der Waals surface area contributed by atoms with Crippen LogP contribution in [0.2, 0.25) is 5.02 Å². The van der Waals surface area contributed by atoms with Crippen LogP contribution in [-0.2, 0) is 4.79 Å². The van der Waals surface area contributed by atoms with Crippen LogP contribution in [0.15, 0.2) is 47.4 Å². The Hall–Kier alpha value is -2.39. The fourth-order valence-corrected chi connectivity index (χ4v) is 3.60. The Morgan fingerprint density at radius 2 is 2.03 bits per heavy atom. The topological polar surface area (TPSA) is 58.6 Å². The predicted molar refractivity (Wildman–Crippen MR) is 105 cm³/mol. The van der Waals surface area contributed by atoms with Gasteiger partial charge in [-0.25, -0.2) is 0 Å². The van der Waals surface area contributed by atoms with Gasteiger partial charge >= 0.3 is 6.36 Å². The van der Waals surface area contributed by atoms with E-state index in [1.165, 1.54) is 28.8 Å². The second kappa shape index (κ2) is 8.54. The minimum atomic E-state index is -4.82. The minimum absolute atomic E-state index is 0.248. The lowest BCUT2D eigenvalue weighted by Crippen LogP contribution is -2.41. The Labute approximate surface area is 174 Å². The van der Waals surface area contributed by atoms with Crippen molar-refractivity contribution >= 4 is 40.9 Å². The van der Waals surface area contributed by atoms with Crippen molar-refractivity contribution in [3.63, 3.8) is 0 Å². The Morgan fingerprint density at radius 1 is 1.28 bits per heavy atom. The van der Waals surface area contributed by atoms with Crippen molar-refractivity contribution in [1.29, 1.82) is 0 Å². The van der Waals surface area contributed by atoms with E-state index >= 15 is 0 Å². The van der Waals surface area contributed by atoms with Gasteiger partial charge in [-0.3, -0.25) is 9.59 Å². The van der Waals surface area contributed by atoms with Gasteiger partial charge in [0.2, 0.25) is 5.91 Å². The number of rotatable bonds is 5. The maximum atomic E-state index is 12.7. The molecule has 5 nitrogen and oxygen atoms in total. The molecule has 2 aromatic carbocycles. The normalized spacial score (nSPS) is 16.8. The van der Waals surface area contributed by atoms with Gasteiger partial charge in [0, 0.05) is 23.2 Å². The number of nitrogens with one attached hydrogen (secondary N) is 1. The van der Waals surface area contributed by atoms with Crippen molar-refractivity contribution in [3.05, 3.63) is 53.1 Å². The summed E-state index contributed by atoms with van der Waals surface area (Å²) in [6, 6.07) is 9.37. The van der Waals surface area contributed by atoms with Gasteiger partial charge in [-0.2, -0.15) is 0 Å². The van der Waals surface area contributed by atoms with Gasteiger partial charge in [0.25, 0.3) is 5.91 Å². The second-order valence-corrected chi connectivity index (χ2v) is 7.48. The summed E-state index contributed by atoms with van der Waals surface area (Å²) in [6.45, 7) is 0.248. The molecule has 10 heteroatoms. The summed E-state index contributed by atoms with van der Waals surface area (Å²) in [5.41, 5.74) is 0.515. The molecule has 1 atom stereocenters. The molecule has 154 valence electrons. The lowest BCUT2D eigenvalue weighted by molar-refractivity contribution is -0.274. The van der Waals surface area contributed by atoms with E-state index in [2.05, 4.69) is 10.1 Å². The van der Waals surface area contributed by atoms with Crippen LogP contribution in [0.25, 0.3) is 0 Å². The van der Waals surface area contributed by atoms with Gasteiger partial charge in [-0.05, 0) is 43.0 Å². The summed E-state index contributed by atoms with van der Waals surface area (Å²) < 4.78 is 41.2. The zero-order valence-electron chi connectivity index (χ0n) is 15.1. The number of ether oxygens (including phenoxy) is 1. The van der Waals surface area contributed by atoms with Gasteiger partial charge in [0.05, 0.1) is 10.6 Å². The molecule has 1 N–H and O–H groups in total. The molecular formula is C19H16ClF3N2O3S. The van der Waals surface area contributed by atoms with Crippen molar-refractivity contribution in [1.82, 2.24) is 5.32 Å². The monoisotopic (exact) mass is 444 g/mol. The first-order chi connectivity index (χ1) is 13.7. The maximum absolute atomic E-state index is 12.7. The molecule has 1 saturated heterocycles. The number of carbonyl (C=O) groups excluding carboxylic acids is 2. The largest absolute Gasteiger partial charge is 0.573 e. The maximum Gasteiger partial charge on any atom is 0.573 e. The van der Waals surface area contributed by atoms with Crippen LogP contribution in [0.1, 0.15) is 16.8 Å². The molecule has 29 heavy (non-hydrogen) atoms. The van der Waals surface area contributed by atoms with Crippen LogP contribution in [0.5, 0.6) is 5.75 Å². The molecule has 0 aromatic heterocycles. The van der Waals surface area contributed by atoms with E-state index in [1.54, 1.807) is 18.2 Å². The number of hydrogen-bond donors (Lipinski definition) is 1. The van der Waals surface area contributed by atoms with Crippen molar-refractivity contribution in [3.8, 4) is 5.75 Å². The lowest BCUT2D eigenvalue weighted by Gasteiger charge is -2.19. The molecule has 2 aromatic rings. The molecule has 0 bridgehead atoms. The van der Waals surface area contributed by atoms with Gasteiger partial charge in [-0.15, -0.1) is 24.9 Å². The molecule has 3 rings (SSSR count). The number of nitrogens with zero attached hydrogens (tertiary/aromatic N) is 1. The summed E-state index contributed by atoms with van der Waals surface area (Å²) in [5.74, 6) is -1.32. The zero-order valence-corrected chi connectivity index (χ0v) is 16.7. The van der Waals surface area contributed by atoms with Crippen LogP contribution < -0.4 is 15.0 Å². The lowest BCUT2D eigenvalue weighted by atomic mass is 10.2. The molecule has 1 unspecified atom stereocenters. The standard InChI is InChI=1S/C19H16ClF3N2O3S/c1-29-13-5-6-15(20)14(10-13)17(26)24-16-7-8-25(18(16)27)11-3-2-4-12(9-11)28-19(21,22)23/h2-6,9-10,16H,7-8H2,1H3,(H,24,26). The molecule has 1 aliphatic rings. The van der Waals surface area contributed by atoms with Crippen LogP contribution in [-0.4, -0.2) is 37.0 Å². The first-order valence-corrected chi connectivity index (χ1v) is 10.1. The highest BCUT2D eigenvalue weighted by Gasteiger charge is 2.35. The minimum Gasteiger partial charge on any atom is -0.406 e. The number of halogens is 4. The van der Waals surface area contributed by atoms with E-state index in [4.69, 9.17) is 11.6 Å². The average Bonchev–Trinajstić information content (AvgIpc) is 3.01. The highest BCUT2D eigenvalue weighted by Crippen LogP contribution is 2.29. The van der Waals surface area contributed by atoms with E-state index in [9.17, 15) is 22.8 Å². The van der Waals surface area contributed by atoms with Crippen molar-refractivity contribution in [2.45, 2.75) is 23.7 Å². The molecule has 2 amide bonds. The molecule has 1 aliphatic heterocycles. The molecule has 0 radical (unpaired) electrons. The van der Waals surface area contributed by atoms with E-state index in [-0.39, 0.29) is 22.8 Å². The Bertz CT molecular complexity index is 939. The first kappa shape index (κ1) is 21.3. The second-order valence-electron chi connectivity index (χ2n) is 6.20. The number of amides is 2. The number of thioether (sulfide) groups is 1. The van der Waals surface area contributed by atoms with Crippen LogP contribution in [0.3, 0.4) is 0 Å². The van der Waals surface area contributed by atoms with E-state index in [1.807, 2.05) is 6.26 Å². The van der Waals surface area contributed by atoms with Gasteiger partial charge < -0.3 is 15.0 Å². The van der Waals surface area contributed by atoms with E-state index in [0.29, 0.717) is 6.42 Å². The van der Waals surface area contributed by atoms with Crippen molar-refractivity contribution < 1.29 is 27.5 Å². The number of anilines is 1. The molecule has 1 heterocycles. The summed E-state index contributed by atoms with van der Waals surface area (Å²) in [5, 5.41) is 2.92. The summed E-state index contributed by atoms with van der Waals surface area (Å²) in [7, 11) is 0. The number of carbonyl (C=O) groups is 2. The van der Waals surface area contributed by atoms with E-state index < -0.39 is 30.0 Å². The molecule has 0 aliphatic carbocycles. The first-order valence-electron chi connectivity index (χ1n) is 8.49. The summed E-state index contributed by atoms with van der Waals surface area (Å²) in [6.07, 6.45) is -2.65. The molecule has 1 fully saturated rings. The Morgan fingerprint density at radius 3 is 2.72 bits per heavy atom. The highest BCUT2D eigenvalue weighted by atomic mass is 35.5. The van der Waals surface area contributed by atoms with Crippen molar-refractivity contribution in [2.75, 3.05) is 17.7 Å². The summed E-state index contributed by atoms with van der Waals surface area (Å²) >= 11 is 7.54. The third-order valence-electron chi connectivity index (χ3n) is 4.29. The van der Waals surface area contributed by atoms with Crippen LogP contribution in [0.4, 0.5) is 18.9 Å². The quantitative estimate of drug-likeness (QED) is 0.690. The Kier molecular flexibility index (Phi) is 6.28. The predicted octanol–water partition coefficient (Wildman–Crippen LogP) is 4.50. The SMILES string of the molecule is CSc1ccc(Cl)c(C(=O)NC2CCN(c3cccc(OC(F)(F)F)c3)C2=O)c1. The number of hydrogen-bond acceptors (Lipinski definition) is 4. The number of alkyl halides is 3. The molecular weight excluding hydrogens is 429 g/mol. The van der Waals surface area contributed by atoms with E-state index in [0.717, 1.165) is 17.0 Å². The molecule has 0 spiro atoms.